The van der Waals surface area contributed by atoms with Gasteiger partial charge in [-0.3, -0.25) is 14.7 Å². The third-order valence-corrected chi connectivity index (χ3v) is 8.61. The summed E-state index contributed by atoms with van der Waals surface area (Å²) in [4.78, 5) is 22.0. The molecule has 196 valence electrons. The van der Waals surface area contributed by atoms with Crippen LogP contribution in [0.25, 0.3) is 0 Å². The molecule has 0 radical (unpaired) electrons. The number of benzene rings is 2. The number of carbonyl (C=O) groups is 1. The van der Waals surface area contributed by atoms with Crippen LogP contribution in [0.5, 0.6) is 5.75 Å². The number of amides is 1. The minimum Gasteiger partial charge on any atom is -0.490 e. The predicted octanol–water partition coefficient (Wildman–Crippen LogP) is 5.16. The second kappa shape index (κ2) is 12.6. The van der Waals surface area contributed by atoms with Crippen LogP contribution < -0.4 is 15.0 Å². The van der Waals surface area contributed by atoms with Gasteiger partial charge in [0, 0.05) is 68.7 Å². The van der Waals surface area contributed by atoms with Gasteiger partial charge in [0.25, 0.3) is 5.91 Å². The molecule has 2 aliphatic rings. The van der Waals surface area contributed by atoms with E-state index in [1.54, 1.807) is 0 Å². The summed E-state index contributed by atoms with van der Waals surface area (Å²) in [5, 5.41) is 12.3. The Bertz CT molecular complexity index is 1260. The fourth-order valence-electron chi connectivity index (χ4n) is 5.15. The SMILES string of the molecule is N#Cc1ccc(N2CCC(Oc3cccc(C(=O)NC4CCN(Cc5ccncc5)C(I)C4)c3)CC2)cc1. The first kappa shape index (κ1) is 26.4. The Morgan fingerprint density at radius 2 is 1.82 bits per heavy atom. The molecule has 5 rings (SSSR count). The first-order valence-electron chi connectivity index (χ1n) is 13.2. The van der Waals surface area contributed by atoms with E-state index in [0.717, 1.165) is 63.3 Å². The van der Waals surface area contributed by atoms with Crippen molar-refractivity contribution in [3.63, 3.8) is 0 Å². The van der Waals surface area contributed by atoms with Crippen molar-refractivity contribution >= 4 is 34.2 Å². The van der Waals surface area contributed by atoms with Crippen molar-refractivity contribution in [2.24, 2.45) is 0 Å². The highest BCUT2D eigenvalue weighted by molar-refractivity contribution is 14.1. The summed E-state index contributed by atoms with van der Waals surface area (Å²) in [6.45, 7) is 3.65. The Morgan fingerprint density at radius 1 is 1.05 bits per heavy atom. The molecule has 3 heterocycles. The van der Waals surface area contributed by atoms with Gasteiger partial charge in [-0.1, -0.05) is 28.7 Å². The van der Waals surface area contributed by atoms with Gasteiger partial charge in [-0.15, -0.1) is 0 Å². The standard InChI is InChI=1S/C30H32IN5O2/c31-29-19-25(10-15-36(29)21-23-8-13-33-14-9-23)34-30(37)24-2-1-3-28(18-24)38-27-11-16-35(17-12-27)26-6-4-22(20-32)5-7-26/h1-9,13-14,18,25,27,29H,10-12,15-17,19,21H2,(H,34,37). The maximum atomic E-state index is 13.1. The van der Waals surface area contributed by atoms with Crippen molar-refractivity contribution in [2.75, 3.05) is 24.5 Å². The highest BCUT2D eigenvalue weighted by atomic mass is 127. The van der Waals surface area contributed by atoms with Gasteiger partial charge in [0.05, 0.1) is 15.7 Å². The average Bonchev–Trinajstić information content (AvgIpc) is 2.96. The molecule has 3 aromatic rings. The number of piperidine rings is 2. The summed E-state index contributed by atoms with van der Waals surface area (Å²) in [6, 6.07) is 21.7. The lowest BCUT2D eigenvalue weighted by atomic mass is 10.0. The fourth-order valence-corrected chi connectivity index (χ4v) is 6.24. The second-order valence-corrected chi connectivity index (χ2v) is 11.4. The van der Waals surface area contributed by atoms with Gasteiger partial charge >= 0.3 is 0 Å². The normalized spacial score (nSPS) is 20.5. The van der Waals surface area contributed by atoms with E-state index in [4.69, 9.17) is 10.00 Å². The molecule has 0 bridgehead atoms. The number of hydrogen-bond acceptors (Lipinski definition) is 6. The molecule has 1 amide bonds. The van der Waals surface area contributed by atoms with E-state index in [1.807, 2.05) is 60.9 Å². The van der Waals surface area contributed by atoms with Gasteiger partial charge in [0.15, 0.2) is 0 Å². The maximum Gasteiger partial charge on any atom is 0.251 e. The molecule has 2 aliphatic heterocycles. The second-order valence-electron chi connectivity index (χ2n) is 9.95. The monoisotopic (exact) mass is 621 g/mol. The summed E-state index contributed by atoms with van der Waals surface area (Å²) in [6.07, 6.45) is 7.46. The molecule has 7 nitrogen and oxygen atoms in total. The molecule has 1 N–H and O–H groups in total. The summed E-state index contributed by atoms with van der Waals surface area (Å²) < 4.78 is 6.65. The van der Waals surface area contributed by atoms with Crippen molar-refractivity contribution in [1.29, 1.82) is 5.26 Å². The number of halogens is 1. The van der Waals surface area contributed by atoms with E-state index in [1.165, 1.54) is 5.56 Å². The number of rotatable bonds is 7. The molecule has 2 unspecified atom stereocenters. The van der Waals surface area contributed by atoms with E-state index in [0.29, 0.717) is 15.2 Å². The van der Waals surface area contributed by atoms with Crippen LogP contribution in [0.1, 0.15) is 47.2 Å². The van der Waals surface area contributed by atoms with Crippen LogP contribution in [0.2, 0.25) is 0 Å². The van der Waals surface area contributed by atoms with Crippen LogP contribution >= 0.6 is 22.6 Å². The molecular weight excluding hydrogens is 589 g/mol. The molecule has 2 saturated heterocycles. The van der Waals surface area contributed by atoms with Crippen LogP contribution in [0.3, 0.4) is 0 Å². The molecule has 2 fully saturated rings. The highest BCUT2D eigenvalue weighted by Gasteiger charge is 2.28. The molecule has 0 spiro atoms. The number of likely N-dealkylation sites (tertiary alicyclic amines) is 1. The Kier molecular flexibility index (Phi) is 8.76. The van der Waals surface area contributed by atoms with Crippen LogP contribution in [-0.4, -0.2) is 51.6 Å². The van der Waals surface area contributed by atoms with Gasteiger partial charge in [-0.2, -0.15) is 5.26 Å². The summed E-state index contributed by atoms with van der Waals surface area (Å²) in [5.41, 5.74) is 3.72. The Labute approximate surface area is 237 Å². The lowest BCUT2D eigenvalue weighted by molar-refractivity contribution is 0.0903. The molecule has 38 heavy (non-hydrogen) atoms. The van der Waals surface area contributed by atoms with Gasteiger partial charge in [-0.25, -0.2) is 0 Å². The number of alkyl halides is 1. The number of hydrogen-bond donors (Lipinski definition) is 1. The number of pyridine rings is 1. The number of nitrogens with zero attached hydrogens (tertiary/aromatic N) is 4. The molecule has 8 heteroatoms. The average molecular weight is 622 g/mol. The van der Waals surface area contributed by atoms with E-state index in [2.05, 4.69) is 60.9 Å². The zero-order valence-electron chi connectivity index (χ0n) is 21.3. The summed E-state index contributed by atoms with van der Waals surface area (Å²) in [7, 11) is 0. The van der Waals surface area contributed by atoms with E-state index in [9.17, 15) is 4.79 Å². The van der Waals surface area contributed by atoms with Crippen molar-refractivity contribution in [2.45, 2.75) is 48.4 Å². The first-order valence-corrected chi connectivity index (χ1v) is 14.4. The van der Waals surface area contributed by atoms with Crippen LogP contribution in [0.15, 0.2) is 73.1 Å². The Morgan fingerprint density at radius 3 is 2.53 bits per heavy atom. The quantitative estimate of drug-likeness (QED) is 0.223. The van der Waals surface area contributed by atoms with Gasteiger partial charge in [-0.05, 0) is 73.0 Å². The Hall–Kier alpha value is -3.16. The molecule has 0 saturated carbocycles. The summed E-state index contributed by atoms with van der Waals surface area (Å²) >= 11 is 2.49. The Balaban J connectivity index is 1.10. The lowest BCUT2D eigenvalue weighted by Gasteiger charge is -2.36. The zero-order chi connectivity index (χ0) is 26.3. The smallest absolute Gasteiger partial charge is 0.251 e. The van der Waals surface area contributed by atoms with Gasteiger partial charge in [0.1, 0.15) is 11.9 Å². The van der Waals surface area contributed by atoms with Crippen LogP contribution in [0, 0.1) is 11.3 Å². The van der Waals surface area contributed by atoms with Crippen LogP contribution in [-0.2, 0) is 6.54 Å². The number of nitrogens with one attached hydrogen (secondary N) is 1. The number of anilines is 1. The topological polar surface area (TPSA) is 81.5 Å². The number of aromatic nitrogens is 1. The number of ether oxygens (including phenoxy) is 1. The van der Waals surface area contributed by atoms with E-state index in [-0.39, 0.29) is 18.1 Å². The minimum atomic E-state index is -0.0396. The minimum absolute atomic E-state index is 0.0396. The van der Waals surface area contributed by atoms with E-state index < -0.39 is 0 Å². The van der Waals surface area contributed by atoms with Gasteiger partial charge in [0.2, 0.25) is 0 Å². The highest BCUT2D eigenvalue weighted by Crippen LogP contribution is 2.26. The largest absolute Gasteiger partial charge is 0.490 e. The lowest BCUT2D eigenvalue weighted by Crippen LogP contribution is -2.47. The maximum absolute atomic E-state index is 13.1. The number of nitriles is 1. The van der Waals surface area contributed by atoms with Crippen molar-refractivity contribution in [1.82, 2.24) is 15.2 Å². The molecule has 0 aliphatic carbocycles. The molecule has 2 aromatic carbocycles. The van der Waals surface area contributed by atoms with Crippen LogP contribution in [0.4, 0.5) is 5.69 Å². The van der Waals surface area contributed by atoms with Crippen molar-refractivity contribution in [3.8, 4) is 11.8 Å². The zero-order valence-corrected chi connectivity index (χ0v) is 23.5. The first-order chi connectivity index (χ1) is 18.6. The fraction of sp³-hybridized carbons (Fsp3) is 0.367. The molecule has 1 aromatic heterocycles. The third kappa shape index (κ3) is 6.83. The van der Waals surface area contributed by atoms with Crippen molar-refractivity contribution in [3.05, 3.63) is 89.7 Å². The van der Waals surface area contributed by atoms with E-state index >= 15 is 0 Å². The summed E-state index contributed by atoms with van der Waals surface area (Å²) in [5.74, 6) is 0.704. The predicted molar refractivity (Wildman–Crippen MR) is 156 cm³/mol. The third-order valence-electron chi connectivity index (χ3n) is 7.31. The number of carbonyl (C=O) groups excluding carboxylic acids is 1. The molecule has 2 atom stereocenters. The van der Waals surface area contributed by atoms with Crippen molar-refractivity contribution < 1.29 is 9.53 Å². The molecular formula is C30H32IN5O2. The van der Waals surface area contributed by atoms with Gasteiger partial charge < -0.3 is 15.0 Å².